The Morgan fingerprint density at radius 1 is 1.35 bits per heavy atom. The maximum Gasteiger partial charge on any atom is 0.123 e. The number of hydrogen-bond acceptors (Lipinski definition) is 3. The maximum atomic E-state index is 6.01. The molecular weight excluding hydrogens is 274 g/mol. The quantitative estimate of drug-likeness (QED) is 0.771. The van der Waals surface area contributed by atoms with E-state index < -0.39 is 0 Å². The maximum absolute atomic E-state index is 6.01. The lowest BCUT2D eigenvalue weighted by atomic mass is 10.1. The second-order valence-corrected chi connectivity index (χ2v) is 5.19. The summed E-state index contributed by atoms with van der Waals surface area (Å²) in [6.07, 6.45) is 4.00. The van der Waals surface area contributed by atoms with Gasteiger partial charge in [-0.1, -0.05) is 11.6 Å². The molecule has 2 rings (SSSR count). The number of aromatic nitrogens is 2. The van der Waals surface area contributed by atoms with Crippen molar-refractivity contribution in [3.05, 3.63) is 46.2 Å². The van der Waals surface area contributed by atoms with Crippen LogP contribution in [0.2, 0.25) is 5.02 Å². The summed E-state index contributed by atoms with van der Waals surface area (Å²) < 4.78 is 5.32. The summed E-state index contributed by atoms with van der Waals surface area (Å²) in [5.41, 5.74) is 3.52. The molecule has 1 heterocycles. The minimum absolute atomic E-state index is 0.733. The average molecular weight is 294 g/mol. The van der Waals surface area contributed by atoms with Crippen LogP contribution in [-0.4, -0.2) is 23.9 Å². The van der Waals surface area contributed by atoms with Crippen LogP contribution in [0.3, 0.4) is 0 Å². The second-order valence-electron chi connectivity index (χ2n) is 4.76. The molecule has 0 aliphatic carbocycles. The van der Waals surface area contributed by atoms with Gasteiger partial charge in [-0.2, -0.15) is 5.10 Å². The Kier molecular flexibility index (Phi) is 5.44. The lowest BCUT2D eigenvalue weighted by molar-refractivity contribution is 0.407. The summed E-state index contributed by atoms with van der Waals surface area (Å²) in [5.74, 6) is 0.868. The van der Waals surface area contributed by atoms with Crippen molar-refractivity contribution in [2.24, 2.45) is 0 Å². The molecule has 4 nitrogen and oxygen atoms in total. The zero-order chi connectivity index (χ0) is 14.4. The predicted octanol–water partition coefficient (Wildman–Crippen LogP) is 3.10. The van der Waals surface area contributed by atoms with Crippen molar-refractivity contribution >= 4 is 11.6 Å². The molecule has 2 aromatic rings. The smallest absolute Gasteiger partial charge is 0.123 e. The fourth-order valence-corrected chi connectivity index (χ4v) is 2.33. The number of aromatic amines is 1. The Morgan fingerprint density at radius 2 is 2.20 bits per heavy atom. The molecule has 0 fully saturated rings. The van der Waals surface area contributed by atoms with E-state index in [0.29, 0.717) is 0 Å². The van der Waals surface area contributed by atoms with E-state index in [-0.39, 0.29) is 0 Å². The molecule has 2 N–H and O–H groups in total. The monoisotopic (exact) mass is 293 g/mol. The fraction of sp³-hybridized carbons (Fsp3) is 0.400. The number of nitrogens with zero attached hydrogens (tertiary/aromatic N) is 1. The largest absolute Gasteiger partial charge is 0.496 e. The van der Waals surface area contributed by atoms with Crippen LogP contribution in [0.5, 0.6) is 5.75 Å². The highest BCUT2D eigenvalue weighted by Gasteiger charge is 2.04. The molecule has 20 heavy (non-hydrogen) atoms. The van der Waals surface area contributed by atoms with E-state index in [1.165, 1.54) is 5.56 Å². The zero-order valence-electron chi connectivity index (χ0n) is 11.9. The predicted molar refractivity (Wildman–Crippen MR) is 81.4 cm³/mol. The molecule has 0 saturated carbocycles. The molecule has 0 atom stereocenters. The lowest BCUT2D eigenvalue weighted by Gasteiger charge is -2.10. The third-order valence-electron chi connectivity index (χ3n) is 3.29. The molecular formula is C15H20ClN3O. The van der Waals surface area contributed by atoms with Crippen molar-refractivity contribution in [1.29, 1.82) is 0 Å². The van der Waals surface area contributed by atoms with Crippen molar-refractivity contribution < 1.29 is 4.74 Å². The van der Waals surface area contributed by atoms with Crippen LogP contribution in [0.15, 0.2) is 24.4 Å². The first kappa shape index (κ1) is 14.9. The van der Waals surface area contributed by atoms with Crippen LogP contribution in [0.4, 0.5) is 0 Å². The third-order valence-corrected chi connectivity index (χ3v) is 3.53. The van der Waals surface area contributed by atoms with Crippen molar-refractivity contribution in [2.75, 3.05) is 13.7 Å². The molecule has 0 unspecified atom stereocenters. The van der Waals surface area contributed by atoms with E-state index in [0.717, 1.165) is 48.0 Å². The molecule has 0 saturated heterocycles. The van der Waals surface area contributed by atoms with E-state index in [4.69, 9.17) is 16.3 Å². The summed E-state index contributed by atoms with van der Waals surface area (Å²) in [6, 6.07) is 5.67. The Morgan fingerprint density at radius 3 is 2.90 bits per heavy atom. The normalized spacial score (nSPS) is 10.8. The molecule has 108 valence electrons. The minimum Gasteiger partial charge on any atom is -0.496 e. The fourth-order valence-electron chi connectivity index (χ4n) is 2.14. The zero-order valence-corrected chi connectivity index (χ0v) is 12.6. The van der Waals surface area contributed by atoms with E-state index in [9.17, 15) is 0 Å². The number of halogens is 1. The lowest BCUT2D eigenvalue weighted by Crippen LogP contribution is -2.16. The number of nitrogens with one attached hydrogen (secondary N) is 2. The number of H-pyrrole nitrogens is 1. The van der Waals surface area contributed by atoms with E-state index in [1.54, 1.807) is 7.11 Å². The van der Waals surface area contributed by atoms with Gasteiger partial charge in [0.25, 0.3) is 0 Å². The van der Waals surface area contributed by atoms with Gasteiger partial charge < -0.3 is 10.1 Å². The minimum atomic E-state index is 0.733. The number of rotatable bonds is 7. The van der Waals surface area contributed by atoms with Crippen LogP contribution in [-0.2, 0) is 13.0 Å². The van der Waals surface area contributed by atoms with Gasteiger partial charge in [-0.05, 0) is 50.1 Å². The van der Waals surface area contributed by atoms with Gasteiger partial charge >= 0.3 is 0 Å². The van der Waals surface area contributed by atoms with Gasteiger partial charge in [-0.25, -0.2) is 0 Å². The molecule has 1 aromatic heterocycles. The Hall–Kier alpha value is -1.52. The Balaban J connectivity index is 1.76. The highest BCUT2D eigenvalue weighted by molar-refractivity contribution is 6.30. The first-order valence-electron chi connectivity index (χ1n) is 6.72. The summed E-state index contributed by atoms with van der Waals surface area (Å²) in [5, 5.41) is 11.1. The first-order chi connectivity index (χ1) is 9.70. The number of hydrogen-bond donors (Lipinski definition) is 2. The Bertz CT molecular complexity index is 554. The van der Waals surface area contributed by atoms with Crippen molar-refractivity contribution in [1.82, 2.24) is 15.5 Å². The highest BCUT2D eigenvalue weighted by Crippen LogP contribution is 2.22. The summed E-state index contributed by atoms with van der Waals surface area (Å²) in [7, 11) is 1.68. The number of ether oxygens (including phenoxy) is 1. The molecule has 1 aromatic carbocycles. The van der Waals surface area contributed by atoms with Crippen LogP contribution < -0.4 is 10.1 Å². The van der Waals surface area contributed by atoms with Gasteiger partial charge in [-0.15, -0.1) is 0 Å². The van der Waals surface area contributed by atoms with Gasteiger partial charge in [0, 0.05) is 22.8 Å². The molecule has 0 aliphatic rings. The summed E-state index contributed by atoms with van der Waals surface area (Å²) in [4.78, 5) is 0. The second kappa shape index (κ2) is 7.31. The van der Waals surface area contributed by atoms with E-state index in [1.807, 2.05) is 31.3 Å². The molecule has 0 radical (unpaired) electrons. The van der Waals surface area contributed by atoms with Crippen molar-refractivity contribution in [3.8, 4) is 5.75 Å². The molecule has 0 amide bonds. The van der Waals surface area contributed by atoms with E-state index >= 15 is 0 Å². The number of methoxy groups -OCH3 is 1. The average Bonchev–Trinajstić information content (AvgIpc) is 2.84. The first-order valence-corrected chi connectivity index (χ1v) is 7.10. The van der Waals surface area contributed by atoms with Gasteiger partial charge in [-0.3, -0.25) is 5.10 Å². The standard InChI is InChI=1S/C15H20ClN3O/c1-11-12(10-18-19-11)4-3-7-17-9-13-8-14(16)5-6-15(13)20-2/h5-6,8,10,17H,3-4,7,9H2,1-2H3,(H,18,19). The summed E-state index contributed by atoms with van der Waals surface area (Å²) >= 11 is 6.01. The van der Waals surface area contributed by atoms with Crippen LogP contribution in [0.25, 0.3) is 0 Å². The molecule has 5 heteroatoms. The SMILES string of the molecule is COc1ccc(Cl)cc1CNCCCc1cn[nH]c1C. The Labute approximate surface area is 124 Å². The molecule has 0 spiro atoms. The van der Waals surface area contributed by atoms with Crippen molar-refractivity contribution in [2.45, 2.75) is 26.3 Å². The van der Waals surface area contributed by atoms with Gasteiger partial charge in [0.15, 0.2) is 0 Å². The van der Waals surface area contributed by atoms with Crippen LogP contribution in [0, 0.1) is 6.92 Å². The number of aryl methyl sites for hydroxylation is 2. The molecule has 0 bridgehead atoms. The highest BCUT2D eigenvalue weighted by atomic mass is 35.5. The molecule has 0 aliphatic heterocycles. The third kappa shape index (κ3) is 3.99. The van der Waals surface area contributed by atoms with Crippen LogP contribution >= 0.6 is 11.6 Å². The van der Waals surface area contributed by atoms with Gasteiger partial charge in [0.05, 0.1) is 13.3 Å². The topological polar surface area (TPSA) is 49.9 Å². The van der Waals surface area contributed by atoms with Gasteiger partial charge in [0.1, 0.15) is 5.75 Å². The van der Waals surface area contributed by atoms with Crippen LogP contribution in [0.1, 0.15) is 23.2 Å². The number of benzene rings is 1. The summed E-state index contributed by atoms with van der Waals surface area (Å²) in [6.45, 7) is 3.75. The van der Waals surface area contributed by atoms with Gasteiger partial charge in [0.2, 0.25) is 0 Å². The van der Waals surface area contributed by atoms with E-state index in [2.05, 4.69) is 15.5 Å². The van der Waals surface area contributed by atoms with Crippen molar-refractivity contribution in [3.63, 3.8) is 0 Å².